The second-order valence-corrected chi connectivity index (χ2v) is 7.69. The Hall–Kier alpha value is -2.35. The molecule has 0 bridgehead atoms. The predicted molar refractivity (Wildman–Crippen MR) is 103 cm³/mol. The second kappa shape index (κ2) is 8.35. The van der Waals surface area contributed by atoms with Gasteiger partial charge in [0.2, 0.25) is 15.9 Å². The van der Waals surface area contributed by atoms with Gasteiger partial charge in [0.1, 0.15) is 10.6 Å². The van der Waals surface area contributed by atoms with E-state index in [9.17, 15) is 13.2 Å². The maximum atomic E-state index is 12.1. The quantitative estimate of drug-likeness (QED) is 0.737. The van der Waals surface area contributed by atoms with Gasteiger partial charge in [0, 0.05) is 16.8 Å². The van der Waals surface area contributed by atoms with Crippen LogP contribution in [0.1, 0.15) is 11.1 Å². The molecule has 0 radical (unpaired) electrons. The fourth-order valence-corrected chi connectivity index (χ4v) is 3.29. The monoisotopic (exact) mass is 394 g/mol. The summed E-state index contributed by atoms with van der Waals surface area (Å²) in [6.07, 6.45) is 2.83. The molecule has 0 aliphatic rings. The molecule has 2 rings (SSSR count). The minimum absolute atomic E-state index is 0.00394. The van der Waals surface area contributed by atoms with Gasteiger partial charge in [0.05, 0.1) is 7.11 Å². The Kier molecular flexibility index (Phi) is 6.42. The normalized spacial score (nSPS) is 11.5. The average Bonchev–Trinajstić information content (AvgIpc) is 2.62. The van der Waals surface area contributed by atoms with Gasteiger partial charge in [-0.25, -0.2) is 13.1 Å². The lowest BCUT2D eigenvalue weighted by molar-refractivity contribution is -0.111. The van der Waals surface area contributed by atoms with Crippen LogP contribution in [-0.4, -0.2) is 28.5 Å². The largest absolute Gasteiger partial charge is 0.495 e. The first-order chi connectivity index (χ1) is 12.3. The molecule has 1 amide bonds. The molecule has 0 saturated heterocycles. The van der Waals surface area contributed by atoms with E-state index in [0.29, 0.717) is 16.3 Å². The molecule has 0 heterocycles. The van der Waals surface area contributed by atoms with Crippen molar-refractivity contribution in [3.63, 3.8) is 0 Å². The Labute approximate surface area is 157 Å². The number of hydrogen-bond acceptors (Lipinski definition) is 4. The fraction of sp³-hybridized carbons (Fsp3) is 0.167. The molecule has 0 atom stereocenters. The molecular formula is C18H19ClN2O4S. The summed E-state index contributed by atoms with van der Waals surface area (Å²) >= 11 is 5.93. The summed E-state index contributed by atoms with van der Waals surface area (Å²) in [5.74, 6) is -0.139. The summed E-state index contributed by atoms with van der Waals surface area (Å²) in [5.41, 5.74) is 2.03. The Morgan fingerprint density at radius 3 is 2.58 bits per heavy atom. The van der Waals surface area contributed by atoms with E-state index < -0.39 is 10.0 Å². The van der Waals surface area contributed by atoms with E-state index in [4.69, 9.17) is 16.3 Å². The third-order valence-electron chi connectivity index (χ3n) is 3.63. The number of rotatable bonds is 6. The zero-order chi connectivity index (χ0) is 19.3. The number of anilines is 1. The smallest absolute Gasteiger partial charge is 0.248 e. The van der Waals surface area contributed by atoms with E-state index in [2.05, 4.69) is 10.0 Å². The molecule has 26 heavy (non-hydrogen) atoms. The van der Waals surface area contributed by atoms with Crippen molar-refractivity contribution in [2.45, 2.75) is 11.8 Å². The van der Waals surface area contributed by atoms with Crippen LogP contribution in [0.3, 0.4) is 0 Å². The van der Waals surface area contributed by atoms with Crippen LogP contribution in [0.15, 0.2) is 47.4 Å². The lowest BCUT2D eigenvalue weighted by Crippen LogP contribution is -2.19. The number of methoxy groups -OCH3 is 1. The number of halogens is 1. The van der Waals surface area contributed by atoms with E-state index >= 15 is 0 Å². The molecule has 0 unspecified atom stereocenters. The topological polar surface area (TPSA) is 84.5 Å². The summed E-state index contributed by atoms with van der Waals surface area (Å²) in [4.78, 5) is 12.1. The molecule has 0 aliphatic heterocycles. The number of ether oxygens (including phenoxy) is 1. The Morgan fingerprint density at radius 1 is 1.19 bits per heavy atom. The van der Waals surface area contributed by atoms with Crippen molar-refractivity contribution in [1.29, 1.82) is 0 Å². The summed E-state index contributed by atoms with van der Waals surface area (Å²) < 4.78 is 31.5. The number of aryl methyl sites for hydroxylation is 1. The zero-order valence-electron chi connectivity index (χ0n) is 14.5. The van der Waals surface area contributed by atoms with Crippen molar-refractivity contribution in [2.24, 2.45) is 0 Å². The van der Waals surface area contributed by atoms with E-state index in [1.165, 1.54) is 38.4 Å². The predicted octanol–water partition coefficient (Wildman–Crippen LogP) is 3.22. The minimum Gasteiger partial charge on any atom is -0.495 e. The van der Waals surface area contributed by atoms with Crippen molar-refractivity contribution in [2.75, 3.05) is 19.5 Å². The maximum Gasteiger partial charge on any atom is 0.248 e. The van der Waals surface area contributed by atoms with Crippen LogP contribution in [0.2, 0.25) is 5.02 Å². The highest BCUT2D eigenvalue weighted by molar-refractivity contribution is 7.89. The molecule has 2 aromatic rings. The van der Waals surface area contributed by atoms with Crippen molar-refractivity contribution in [3.05, 3.63) is 58.6 Å². The molecular weight excluding hydrogens is 376 g/mol. The SMILES string of the molecule is CNS(=O)(=O)c1cc(/C=C/C(=O)Nc2cc(Cl)ccc2C)ccc1OC. The number of sulfonamides is 1. The highest BCUT2D eigenvalue weighted by Gasteiger charge is 2.17. The first kappa shape index (κ1) is 20.0. The third kappa shape index (κ3) is 4.85. The van der Waals surface area contributed by atoms with E-state index in [0.717, 1.165) is 5.56 Å². The maximum absolute atomic E-state index is 12.1. The Balaban J connectivity index is 2.23. The lowest BCUT2D eigenvalue weighted by Gasteiger charge is -2.09. The number of hydrogen-bond donors (Lipinski definition) is 2. The second-order valence-electron chi connectivity index (χ2n) is 5.40. The van der Waals surface area contributed by atoms with Gasteiger partial charge in [-0.1, -0.05) is 23.7 Å². The summed E-state index contributed by atoms with van der Waals surface area (Å²) in [6.45, 7) is 1.86. The van der Waals surface area contributed by atoms with Crippen LogP contribution in [-0.2, 0) is 14.8 Å². The van der Waals surface area contributed by atoms with Crippen LogP contribution in [0, 0.1) is 6.92 Å². The van der Waals surface area contributed by atoms with Crippen LogP contribution in [0.25, 0.3) is 6.08 Å². The van der Waals surface area contributed by atoms with Crippen LogP contribution < -0.4 is 14.8 Å². The summed E-state index contributed by atoms with van der Waals surface area (Å²) in [6, 6.07) is 9.82. The van der Waals surface area contributed by atoms with E-state index in [1.54, 1.807) is 24.3 Å². The van der Waals surface area contributed by atoms with Gasteiger partial charge in [-0.05, 0) is 55.4 Å². The molecule has 0 spiro atoms. The van der Waals surface area contributed by atoms with Crippen molar-refractivity contribution in [3.8, 4) is 5.75 Å². The Bertz CT molecular complexity index is 956. The van der Waals surface area contributed by atoms with Gasteiger partial charge in [0.15, 0.2) is 0 Å². The first-order valence-corrected chi connectivity index (χ1v) is 9.49. The summed E-state index contributed by atoms with van der Waals surface area (Å²) in [5, 5.41) is 3.25. The molecule has 0 aliphatic carbocycles. The van der Waals surface area contributed by atoms with E-state index in [-0.39, 0.29) is 16.6 Å². The highest BCUT2D eigenvalue weighted by atomic mass is 35.5. The molecule has 138 valence electrons. The summed E-state index contributed by atoms with van der Waals surface area (Å²) in [7, 11) is -0.978. The molecule has 0 aromatic heterocycles. The van der Waals surface area contributed by atoms with Crippen molar-refractivity contribution < 1.29 is 17.9 Å². The van der Waals surface area contributed by atoms with Crippen molar-refractivity contribution in [1.82, 2.24) is 4.72 Å². The lowest BCUT2D eigenvalue weighted by atomic mass is 10.2. The highest BCUT2D eigenvalue weighted by Crippen LogP contribution is 2.25. The fourth-order valence-electron chi connectivity index (χ4n) is 2.19. The zero-order valence-corrected chi connectivity index (χ0v) is 16.1. The van der Waals surface area contributed by atoms with Gasteiger partial charge in [0.25, 0.3) is 0 Å². The third-order valence-corrected chi connectivity index (χ3v) is 5.30. The standard InChI is InChI=1S/C18H19ClN2O4S/c1-12-4-7-14(19)11-15(12)21-18(22)9-6-13-5-8-16(25-3)17(10-13)26(23,24)20-2/h4-11,20H,1-3H3,(H,21,22)/b9-6+. The number of carbonyl (C=O) groups is 1. The van der Waals surface area contributed by atoms with Gasteiger partial charge >= 0.3 is 0 Å². The molecule has 8 heteroatoms. The molecule has 2 aromatic carbocycles. The minimum atomic E-state index is -3.69. The number of carbonyl (C=O) groups excluding carboxylic acids is 1. The van der Waals surface area contributed by atoms with Gasteiger partial charge < -0.3 is 10.1 Å². The van der Waals surface area contributed by atoms with E-state index in [1.807, 2.05) is 6.92 Å². The molecule has 6 nitrogen and oxygen atoms in total. The van der Waals surface area contributed by atoms with Crippen LogP contribution in [0.4, 0.5) is 5.69 Å². The number of benzene rings is 2. The Morgan fingerprint density at radius 2 is 1.92 bits per heavy atom. The average molecular weight is 395 g/mol. The van der Waals surface area contributed by atoms with Crippen LogP contribution in [0.5, 0.6) is 5.75 Å². The molecule has 0 fully saturated rings. The number of nitrogens with one attached hydrogen (secondary N) is 2. The number of amides is 1. The van der Waals surface area contributed by atoms with Crippen molar-refractivity contribution >= 4 is 39.3 Å². The first-order valence-electron chi connectivity index (χ1n) is 7.63. The van der Waals surface area contributed by atoms with Gasteiger partial charge in [-0.3, -0.25) is 4.79 Å². The van der Waals surface area contributed by atoms with Gasteiger partial charge in [-0.2, -0.15) is 0 Å². The molecule has 2 N–H and O–H groups in total. The van der Waals surface area contributed by atoms with Crippen LogP contribution >= 0.6 is 11.6 Å². The van der Waals surface area contributed by atoms with Gasteiger partial charge in [-0.15, -0.1) is 0 Å². The molecule has 0 saturated carbocycles.